The first kappa shape index (κ1) is 15.5. The van der Waals surface area contributed by atoms with Gasteiger partial charge in [0.2, 0.25) is 5.91 Å². The van der Waals surface area contributed by atoms with Gasteiger partial charge in [0.1, 0.15) is 5.75 Å². The molecule has 19 heavy (non-hydrogen) atoms. The van der Waals surface area contributed by atoms with Gasteiger partial charge in [0.15, 0.2) is 0 Å². The molecule has 0 radical (unpaired) electrons. The van der Waals surface area contributed by atoms with Gasteiger partial charge < -0.3 is 10.1 Å². The van der Waals surface area contributed by atoms with Gasteiger partial charge in [-0.05, 0) is 43.9 Å². The number of carbonyl (C=O) groups is 1. The summed E-state index contributed by atoms with van der Waals surface area (Å²) in [5, 5.41) is 2.94. The molecule has 0 fully saturated rings. The molecule has 106 valence electrons. The zero-order valence-corrected chi connectivity index (χ0v) is 12.6. The van der Waals surface area contributed by atoms with Crippen LogP contribution in [0.25, 0.3) is 0 Å². The Morgan fingerprint density at radius 1 is 1.26 bits per heavy atom. The molecule has 0 saturated heterocycles. The van der Waals surface area contributed by atoms with Crippen LogP contribution in [0.15, 0.2) is 18.2 Å². The summed E-state index contributed by atoms with van der Waals surface area (Å²) < 4.78 is 5.69. The molecule has 1 aromatic rings. The SMILES string of the molecule is Cc1cc(CNC(=O)CC(C)C)ccc1OC(C)C. The summed E-state index contributed by atoms with van der Waals surface area (Å²) in [6.07, 6.45) is 0.753. The molecule has 3 heteroatoms. The van der Waals surface area contributed by atoms with Crippen LogP contribution in [0, 0.1) is 12.8 Å². The van der Waals surface area contributed by atoms with Crippen LogP contribution in [0.2, 0.25) is 0 Å². The van der Waals surface area contributed by atoms with Gasteiger partial charge in [-0.15, -0.1) is 0 Å². The molecule has 0 aromatic heterocycles. The fourth-order valence-electron chi connectivity index (χ4n) is 1.85. The summed E-state index contributed by atoms with van der Waals surface area (Å²) in [6, 6.07) is 6.03. The summed E-state index contributed by atoms with van der Waals surface area (Å²) in [5.74, 6) is 1.41. The first-order chi connectivity index (χ1) is 8.88. The largest absolute Gasteiger partial charge is 0.491 e. The molecule has 1 amide bonds. The van der Waals surface area contributed by atoms with Crippen LogP contribution in [-0.2, 0) is 11.3 Å². The highest BCUT2D eigenvalue weighted by atomic mass is 16.5. The molecule has 0 unspecified atom stereocenters. The number of ether oxygens (including phenoxy) is 1. The minimum Gasteiger partial charge on any atom is -0.491 e. The monoisotopic (exact) mass is 263 g/mol. The van der Waals surface area contributed by atoms with Crippen LogP contribution < -0.4 is 10.1 Å². The van der Waals surface area contributed by atoms with Crippen LogP contribution in [0.3, 0.4) is 0 Å². The molecular formula is C16H25NO2. The predicted molar refractivity (Wildman–Crippen MR) is 78.2 cm³/mol. The van der Waals surface area contributed by atoms with Gasteiger partial charge in [-0.2, -0.15) is 0 Å². The number of hydrogen-bond acceptors (Lipinski definition) is 2. The molecule has 0 atom stereocenters. The molecule has 0 spiro atoms. The van der Waals surface area contributed by atoms with E-state index in [-0.39, 0.29) is 12.0 Å². The van der Waals surface area contributed by atoms with Crippen molar-refractivity contribution in [3.63, 3.8) is 0 Å². The Morgan fingerprint density at radius 3 is 2.47 bits per heavy atom. The van der Waals surface area contributed by atoms with E-state index in [1.807, 2.05) is 46.8 Å². The molecule has 3 nitrogen and oxygen atoms in total. The Kier molecular flexibility index (Phi) is 5.87. The fourth-order valence-corrected chi connectivity index (χ4v) is 1.85. The van der Waals surface area contributed by atoms with Crippen molar-refractivity contribution in [1.82, 2.24) is 5.32 Å². The summed E-state index contributed by atoms with van der Waals surface area (Å²) in [6.45, 7) is 10.7. The maximum Gasteiger partial charge on any atom is 0.220 e. The van der Waals surface area contributed by atoms with Gasteiger partial charge >= 0.3 is 0 Å². The first-order valence-electron chi connectivity index (χ1n) is 6.91. The van der Waals surface area contributed by atoms with E-state index in [1.54, 1.807) is 0 Å². The maximum absolute atomic E-state index is 11.6. The zero-order valence-electron chi connectivity index (χ0n) is 12.6. The highest BCUT2D eigenvalue weighted by Crippen LogP contribution is 2.20. The fraction of sp³-hybridized carbons (Fsp3) is 0.562. The van der Waals surface area contributed by atoms with E-state index in [0.717, 1.165) is 16.9 Å². The Hall–Kier alpha value is -1.51. The highest BCUT2D eigenvalue weighted by molar-refractivity contribution is 5.76. The molecule has 0 bridgehead atoms. The minimum atomic E-state index is 0.107. The zero-order chi connectivity index (χ0) is 14.4. The van der Waals surface area contributed by atoms with Gasteiger partial charge in [0, 0.05) is 13.0 Å². The Morgan fingerprint density at radius 2 is 1.95 bits per heavy atom. The number of amides is 1. The van der Waals surface area contributed by atoms with Crippen molar-refractivity contribution in [2.45, 2.75) is 53.7 Å². The Balaban J connectivity index is 2.56. The number of hydrogen-bond donors (Lipinski definition) is 1. The summed E-state index contributed by atoms with van der Waals surface area (Å²) >= 11 is 0. The third kappa shape index (κ3) is 5.77. The topological polar surface area (TPSA) is 38.3 Å². The van der Waals surface area contributed by atoms with Crippen molar-refractivity contribution in [3.05, 3.63) is 29.3 Å². The van der Waals surface area contributed by atoms with Crippen LogP contribution in [0.1, 0.15) is 45.2 Å². The van der Waals surface area contributed by atoms with Crippen molar-refractivity contribution in [2.75, 3.05) is 0 Å². The van der Waals surface area contributed by atoms with Crippen molar-refractivity contribution in [3.8, 4) is 5.75 Å². The molecule has 0 heterocycles. The molecule has 0 aliphatic rings. The van der Waals surface area contributed by atoms with E-state index < -0.39 is 0 Å². The maximum atomic E-state index is 11.6. The lowest BCUT2D eigenvalue weighted by atomic mass is 10.1. The van der Waals surface area contributed by atoms with Crippen molar-refractivity contribution >= 4 is 5.91 Å². The summed E-state index contributed by atoms with van der Waals surface area (Å²) in [7, 11) is 0. The van der Waals surface area contributed by atoms with Crippen LogP contribution in [0.4, 0.5) is 0 Å². The number of nitrogens with one attached hydrogen (secondary N) is 1. The average molecular weight is 263 g/mol. The highest BCUT2D eigenvalue weighted by Gasteiger charge is 2.06. The second kappa shape index (κ2) is 7.17. The van der Waals surface area contributed by atoms with Gasteiger partial charge in [-0.3, -0.25) is 4.79 Å². The van der Waals surface area contributed by atoms with Crippen LogP contribution >= 0.6 is 0 Å². The third-order valence-corrected chi connectivity index (χ3v) is 2.69. The van der Waals surface area contributed by atoms with Crippen LogP contribution in [-0.4, -0.2) is 12.0 Å². The van der Waals surface area contributed by atoms with E-state index in [1.165, 1.54) is 0 Å². The number of carbonyl (C=O) groups excluding carboxylic acids is 1. The molecule has 0 aliphatic carbocycles. The molecule has 1 aromatic carbocycles. The number of aryl methyl sites for hydroxylation is 1. The van der Waals surface area contributed by atoms with Crippen LogP contribution in [0.5, 0.6) is 5.75 Å². The molecule has 1 rings (SSSR count). The second-order valence-corrected chi connectivity index (χ2v) is 5.64. The number of benzene rings is 1. The lowest BCUT2D eigenvalue weighted by Gasteiger charge is -2.14. The third-order valence-electron chi connectivity index (χ3n) is 2.69. The van der Waals surface area contributed by atoms with E-state index in [9.17, 15) is 4.79 Å². The van der Waals surface area contributed by atoms with Crippen molar-refractivity contribution < 1.29 is 9.53 Å². The van der Waals surface area contributed by atoms with Crippen molar-refractivity contribution in [1.29, 1.82) is 0 Å². The minimum absolute atomic E-state index is 0.107. The average Bonchev–Trinajstić information content (AvgIpc) is 2.28. The van der Waals surface area contributed by atoms with Gasteiger partial charge in [-0.1, -0.05) is 26.0 Å². The van der Waals surface area contributed by atoms with Gasteiger partial charge in [-0.25, -0.2) is 0 Å². The molecule has 1 N–H and O–H groups in total. The summed E-state index contributed by atoms with van der Waals surface area (Å²) in [5.41, 5.74) is 2.20. The predicted octanol–water partition coefficient (Wildman–Crippen LogP) is 3.44. The van der Waals surface area contributed by atoms with E-state index >= 15 is 0 Å². The van der Waals surface area contributed by atoms with E-state index in [4.69, 9.17) is 4.74 Å². The van der Waals surface area contributed by atoms with Gasteiger partial charge in [0.05, 0.1) is 6.10 Å². The Labute approximate surface area is 116 Å². The van der Waals surface area contributed by atoms with Crippen molar-refractivity contribution in [2.24, 2.45) is 5.92 Å². The quantitative estimate of drug-likeness (QED) is 0.853. The normalized spacial score (nSPS) is 10.9. The molecular weight excluding hydrogens is 238 g/mol. The lowest BCUT2D eigenvalue weighted by molar-refractivity contribution is -0.121. The number of rotatable bonds is 6. The Bertz CT molecular complexity index is 425. The van der Waals surface area contributed by atoms with Gasteiger partial charge in [0.25, 0.3) is 0 Å². The molecule has 0 saturated carbocycles. The second-order valence-electron chi connectivity index (χ2n) is 5.64. The standard InChI is InChI=1S/C16H25NO2/c1-11(2)8-16(18)17-10-14-6-7-15(13(5)9-14)19-12(3)4/h6-7,9,11-12H,8,10H2,1-5H3,(H,17,18). The smallest absolute Gasteiger partial charge is 0.220 e. The summed E-state index contributed by atoms with van der Waals surface area (Å²) in [4.78, 5) is 11.6. The first-order valence-corrected chi connectivity index (χ1v) is 6.91. The van der Waals surface area contributed by atoms with E-state index in [2.05, 4.69) is 11.4 Å². The lowest BCUT2D eigenvalue weighted by Crippen LogP contribution is -2.23. The molecule has 0 aliphatic heterocycles. The van der Waals surface area contributed by atoms with E-state index in [0.29, 0.717) is 18.9 Å².